The molecule has 8 heteroatoms. The second-order valence-corrected chi connectivity index (χ2v) is 6.58. The van der Waals surface area contributed by atoms with E-state index in [-0.39, 0.29) is 36.1 Å². The van der Waals surface area contributed by atoms with Gasteiger partial charge in [0.15, 0.2) is 0 Å². The second-order valence-electron chi connectivity index (χ2n) is 6.58. The van der Waals surface area contributed by atoms with Crippen molar-refractivity contribution in [2.45, 2.75) is 57.5 Å². The molecule has 2 rings (SSSR count). The fourth-order valence-electron chi connectivity index (χ4n) is 3.11. The maximum absolute atomic E-state index is 14.0. The third-order valence-corrected chi connectivity index (χ3v) is 4.59. The molecule has 0 bridgehead atoms. The van der Waals surface area contributed by atoms with Crippen LogP contribution in [0.2, 0.25) is 0 Å². The molecule has 1 aromatic rings. The highest BCUT2D eigenvalue weighted by Gasteiger charge is 2.35. The van der Waals surface area contributed by atoms with Crippen LogP contribution < -0.4 is 11.1 Å². The van der Waals surface area contributed by atoms with E-state index >= 15 is 0 Å². The van der Waals surface area contributed by atoms with Crippen molar-refractivity contribution in [3.8, 4) is 0 Å². The van der Waals surface area contributed by atoms with Crippen LogP contribution in [0, 0.1) is 11.7 Å². The minimum atomic E-state index is -4.77. The van der Waals surface area contributed by atoms with Gasteiger partial charge in [-0.3, -0.25) is 4.79 Å². The Morgan fingerprint density at radius 2 is 2.08 bits per heavy atom. The first-order valence-corrected chi connectivity index (χ1v) is 8.73. The fraction of sp³-hybridized carbons (Fsp3) is 0.611. The van der Waals surface area contributed by atoms with Crippen molar-refractivity contribution < 1.29 is 27.1 Å². The Bertz CT molecular complexity index is 622. The van der Waals surface area contributed by atoms with E-state index in [2.05, 4.69) is 5.32 Å². The Hall–Kier alpha value is -1.67. The zero-order valence-electron chi connectivity index (χ0n) is 14.6. The molecule has 1 aliphatic carbocycles. The second kappa shape index (κ2) is 8.81. The first-order chi connectivity index (χ1) is 12.2. The molecule has 0 aliphatic heterocycles. The van der Waals surface area contributed by atoms with E-state index in [0.29, 0.717) is 31.9 Å². The van der Waals surface area contributed by atoms with Gasteiger partial charge < -0.3 is 15.8 Å². The molecule has 0 spiro atoms. The zero-order valence-corrected chi connectivity index (χ0v) is 14.6. The number of hydrogen-bond donors (Lipinski definition) is 2. The molecule has 3 atom stereocenters. The Labute approximate surface area is 150 Å². The summed E-state index contributed by atoms with van der Waals surface area (Å²) in [5, 5.41) is 2.54. The van der Waals surface area contributed by atoms with E-state index in [9.17, 15) is 22.4 Å². The van der Waals surface area contributed by atoms with Crippen LogP contribution in [0.4, 0.5) is 17.6 Å². The molecule has 0 aromatic heterocycles. The highest BCUT2D eigenvalue weighted by atomic mass is 19.4. The normalized spacial score (nSPS) is 23.7. The summed E-state index contributed by atoms with van der Waals surface area (Å²) in [5.41, 5.74) is 4.48. The molecule has 1 aliphatic rings. The minimum absolute atomic E-state index is 0.133. The van der Waals surface area contributed by atoms with Gasteiger partial charge in [-0.05, 0) is 31.7 Å². The number of nitrogens with two attached hydrogens (primary N) is 1. The van der Waals surface area contributed by atoms with Crippen LogP contribution in [-0.2, 0) is 22.3 Å². The lowest BCUT2D eigenvalue weighted by atomic mass is 9.83. The third kappa shape index (κ3) is 5.17. The summed E-state index contributed by atoms with van der Waals surface area (Å²) in [6, 6.07) is 2.90. The van der Waals surface area contributed by atoms with E-state index in [4.69, 9.17) is 10.5 Å². The van der Waals surface area contributed by atoms with Gasteiger partial charge in [-0.2, -0.15) is 13.2 Å². The van der Waals surface area contributed by atoms with Crippen molar-refractivity contribution in [2.24, 2.45) is 11.7 Å². The van der Waals surface area contributed by atoms with Crippen LogP contribution in [0.1, 0.15) is 43.7 Å². The van der Waals surface area contributed by atoms with Crippen LogP contribution in [0.3, 0.4) is 0 Å². The van der Waals surface area contributed by atoms with Crippen LogP contribution in [-0.4, -0.2) is 24.7 Å². The molecular weight excluding hydrogens is 352 g/mol. The highest BCUT2D eigenvalue weighted by molar-refractivity contribution is 5.78. The predicted molar refractivity (Wildman–Crippen MR) is 88.6 cm³/mol. The number of halogens is 4. The van der Waals surface area contributed by atoms with Crippen molar-refractivity contribution in [1.82, 2.24) is 5.32 Å². The van der Waals surface area contributed by atoms with E-state index < -0.39 is 17.6 Å². The Balaban J connectivity index is 1.96. The van der Waals surface area contributed by atoms with Gasteiger partial charge in [0.05, 0.1) is 11.7 Å². The maximum atomic E-state index is 14.0. The van der Waals surface area contributed by atoms with E-state index in [0.717, 1.165) is 12.5 Å². The summed E-state index contributed by atoms with van der Waals surface area (Å²) in [7, 11) is 0. The lowest BCUT2D eigenvalue weighted by molar-refractivity contribution is -0.140. The maximum Gasteiger partial charge on any atom is 0.419 e. The third-order valence-electron chi connectivity index (χ3n) is 4.59. The summed E-state index contributed by atoms with van der Waals surface area (Å²) in [5.74, 6) is -2.01. The first-order valence-electron chi connectivity index (χ1n) is 8.73. The molecule has 0 saturated heterocycles. The average Bonchev–Trinajstić information content (AvgIpc) is 2.58. The molecule has 1 amide bonds. The molecule has 0 unspecified atom stereocenters. The number of carbonyl (C=O) groups is 1. The number of carbonyl (C=O) groups excluding carboxylic acids is 1. The number of benzene rings is 1. The topological polar surface area (TPSA) is 64.3 Å². The standard InChI is InChI=1S/C18H24F4N2O2/c1-2-8-26-15-9-11(6-7-14(15)23)17(25)24-10-12-4-3-5-13(16(12)19)18(20,21)22/h3-5,11,14-15H,2,6-10,23H2,1H3,(H,24,25)/t11-,14+,15+/m0/s1. The van der Waals surface area contributed by atoms with Gasteiger partial charge in [-0.25, -0.2) is 4.39 Å². The smallest absolute Gasteiger partial charge is 0.377 e. The van der Waals surface area contributed by atoms with Crippen LogP contribution in [0.25, 0.3) is 0 Å². The van der Waals surface area contributed by atoms with Crippen molar-refractivity contribution in [3.05, 3.63) is 35.1 Å². The Morgan fingerprint density at radius 1 is 1.35 bits per heavy atom. The van der Waals surface area contributed by atoms with Gasteiger partial charge in [-0.15, -0.1) is 0 Å². The van der Waals surface area contributed by atoms with Gasteiger partial charge in [0.2, 0.25) is 5.91 Å². The Kier molecular flexibility index (Phi) is 7.00. The number of nitrogens with one attached hydrogen (secondary N) is 1. The van der Waals surface area contributed by atoms with Crippen molar-refractivity contribution in [1.29, 1.82) is 0 Å². The number of rotatable bonds is 6. The van der Waals surface area contributed by atoms with Gasteiger partial charge in [0.25, 0.3) is 0 Å². The monoisotopic (exact) mass is 376 g/mol. The molecule has 146 valence electrons. The summed E-state index contributed by atoms with van der Waals surface area (Å²) in [6.07, 6.45) is -2.49. The number of hydrogen-bond acceptors (Lipinski definition) is 3. The molecule has 1 aromatic carbocycles. The van der Waals surface area contributed by atoms with Crippen LogP contribution in [0.5, 0.6) is 0 Å². The largest absolute Gasteiger partial charge is 0.419 e. The minimum Gasteiger partial charge on any atom is -0.377 e. The lowest BCUT2D eigenvalue weighted by Crippen LogP contribution is -2.45. The first kappa shape index (κ1) is 20.6. The average molecular weight is 376 g/mol. The fourth-order valence-corrected chi connectivity index (χ4v) is 3.11. The molecule has 3 N–H and O–H groups in total. The van der Waals surface area contributed by atoms with E-state index in [1.165, 1.54) is 6.07 Å². The molecule has 0 heterocycles. The molecule has 4 nitrogen and oxygen atoms in total. The predicted octanol–water partition coefficient (Wildman–Crippen LogP) is 3.38. The zero-order chi connectivity index (χ0) is 19.3. The summed E-state index contributed by atoms with van der Waals surface area (Å²) < 4.78 is 57.9. The summed E-state index contributed by atoms with van der Waals surface area (Å²) in [4.78, 5) is 12.3. The van der Waals surface area contributed by atoms with Crippen molar-refractivity contribution >= 4 is 5.91 Å². The van der Waals surface area contributed by atoms with Crippen LogP contribution in [0.15, 0.2) is 18.2 Å². The molecule has 1 saturated carbocycles. The lowest BCUT2D eigenvalue weighted by Gasteiger charge is -2.33. The summed E-state index contributed by atoms with van der Waals surface area (Å²) in [6.45, 7) is 2.24. The van der Waals surface area contributed by atoms with Gasteiger partial charge in [0, 0.05) is 30.7 Å². The molecule has 1 fully saturated rings. The molecule has 0 radical (unpaired) electrons. The quantitative estimate of drug-likeness (QED) is 0.748. The highest BCUT2D eigenvalue weighted by Crippen LogP contribution is 2.32. The van der Waals surface area contributed by atoms with Gasteiger partial charge in [0.1, 0.15) is 5.82 Å². The number of alkyl halides is 3. The Morgan fingerprint density at radius 3 is 2.73 bits per heavy atom. The summed E-state index contributed by atoms with van der Waals surface area (Å²) >= 11 is 0. The van der Waals surface area contributed by atoms with E-state index in [1.54, 1.807) is 0 Å². The number of amides is 1. The van der Waals surface area contributed by atoms with Crippen LogP contribution >= 0.6 is 0 Å². The van der Waals surface area contributed by atoms with Crippen molar-refractivity contribution in [3.63, 3.8) is 0 Å². The SMILES string of the molecule is CCCO[C@@H]1C[C@@H](C(=O)NCc2cccc(C(F)(F)F)c2F)CC[C@H]1N. The number of ether oxygens (including phenoxy) is 1. The van der Waals surface area contributed by atoms with Crippen molar-refractivity contribution in [2.75, 3.05) is 6.61 Å². The van der Waals surface area contributed by atoms with E-state index in [1.807, 2.05) is 6.92 Å². The van der Waals surface area contributed by atoms with Gasteiger partial charge in [-0.1, -0.05) is 19.1 Å². The van der Waals surface area contributed by atoms with Gasteiger partial charge >= 0.3 is 6.18 Å². The molecule has 26 heavy (non-hydrogen) atoms. The molecular formula is C18H24F4N2O2.